The van der Waals surface area contributed by atoms with Crippen molar-refractivity contribution in [1.29, 1.82) is 0 Å². The van der Waals surface area contributed by atoms with Gasteiger partial charge in [-0.1, -0.05) is 32.6 Å². The van der Waals surface area contributed by atoms with Crippen molar-refractivity contribution in [2.24, 2.45) is 0 Å². The van der Waals surface area contributed by atoms with Crippen LogP contribution in [0.25, 0.3) is 0 Å². The molecule has 8 nitrogen and oxygen atoms in total. The minimum absolute atomic E-state index is 0.134. The van der Waals surface area contributed by atoms with Crippen molar-refractivity contribution in [3.05, 3.63) is 20.2 Å². The maximum absolute atomic E-state index is 11.3. The van der Waals surface area contributed by atoms with Crippen LogP contribution < -0.4 is 0 Å². The van der Waals surface area contributed by atoms with Gasteiger partial charge >= 0.3 is 11.6 Å². The Balaban J connectivity index is 4.01. The van der Waals surface area contributed by atoms with Gasteiger partial charge in [0.2, 0.25) is 6.61 Å². The third-order valence-electron chi connectivity index (χ3n) is 2.78. The van der Waals surface area contributed by atoms with E-state index < -0.39 is 28.1 Å². The van der Waals surface area contributed by atoms with Gasteiger partial charge in [-0.15, -0.1) is 0 Å². The van der Waals surface area contributed by atoms with Crippen LogP contribution in [0.3, 0.4) is 0 Å². The molecule has 0 aromatic heterocycles. The molecular weight excluding hydrogens is 256 g/mol. The van der Waals surface area contributed by atoms with Crippen molar-refractivity contribution < 1.29 is 19.4 Å². The van der Waals surface area contributed by atoms with Crippen LogP contribution in [0.5, 0.6) is 0 Å². The monoisotopic (exact) mass is 276 g/mol. The van der Waals surface area contributed by atoms with Crippen LogP contribution in [0.4, 0.5) is 0 Å². The highest BCUT2D eigenvalue weighted by Gasteiger charge is 2.52. The quantitative estimate of drug-likeness (QED) is 0.198. The van der Waals surface area contributed by atoms with E-state index in [4.69, 9.17) is 0 Å². The predicted molar refractivity (Wildman–Crippen MR) is 66.7 cm³/mol. The van der Waals surface area contributed by atoms with Crippen molar-refractivity contribution in [1.82, 2.24) is 0 Å². The second-order valence-electron chi connectivity index (χ2n) is 4.56. The van der Waals surface area contributed by atoms with Crippen LogP contribution in [0.2, 0.25) is 0 Å². The number of esters is 1. The highest BCUT2D eigenvalue weighted by molar-refractivity contribution is 5.69. The van der Waals surface area contributed by atoms with Crippen molar-refractivity contribution in [3.8, 4) is 0 Å². The lowest BCUT2D eigenvalue weighted by atomic mass is 10.1. The summed E-state index contributed by atoms with van der Waals surface area (Å²) in [5, 5.41) is 21.2. The molecule has 0 fully saturated rings. The predicted octanol–water partition coefficient (Wildman–Crippen LogP) is 2.16. The number of nitro groups is 2. The summed E-state index contributed by atoms with van der Waals surface area (Å²) in [6.07, 6.45) is 4.85. The van der Waals surface area contributed by atoms with Gasteiger partial charge in [0.15, 0.2) is 0 Å². The largest absolute Gasteiger partial charge is 0.488 e. The molecule has 0 atom stereocenters. The lowest BCUT2D eigenvalue weighted by Gasteiger charge is -2.12. The fourth-order valence-electron chi connectivity index (χ4n) is 1.33. The molecule has 110 valence electrons. The van der Waals surface area contributed by atoms with E-state index in [2.05, 4.69) is 11.7 Å². The highest BCUT2D eigenvalue weighted by atomic mass is 16.7. The Hall–Kier alpha value is -1.73. The van der Waals surface area contributed by atoms with E-state index in [9.17, 15) is 25.0 Å². The van der Waals surface area contributed by atoms with Gasteiger partial charge in [0, 0.05) is 6.42 Å². The molecule has 0 saturated carbocycles. The second-order valence-corrected chi connectivity index (χ2v) is 4.56. The Morgan fingerprint density at radius 1 is 1.11 bits per heavy atom. The Labute approximate surface area is 111 Å². The molecule has 0 amide bonds. The van der Waals surface area contributed by atoms with Gasteiger partial charge in [0.1, 0.15) is 9.85 Å². The number of carbonyl (C=O) groups excluding carboxylic acids is 1. The number of nitrogens with zero attached hydrogens (tertiary/aromatic N) is 2. The van der Waals surface area contributed by atoms with Gasteiger partial charge in [0.05, 0.1) is 6.92 Å². The van der Waals surface area contributed by atoms with Crippen LogP contribution in [-0.2, 0) is 9.53 Å². The molecule has 0 aliphatic rings. The number of ether oxygens (including phenoxy) is 1. The molecule has 0 radical (unpaired) electrons. The first kappa shape index (κ1) is 17.3. The number of carbonyl (C=O) groups is 1. The van der Waals surface area contributed by atoms with Crippen LogP contribution >= 0.6 is 0 Å². The molecule has 0 N–H and O–H groups in total. The van der Waals surface area contributed by atoms with Gasteiger partial charge in [0.25, 0.3) is 0 Å². The van der Waals surface area contributed by atoms with E-state index in [1.54, 1.807) is 0 Å². The fraction of sp³-hybridized carbons (Fsp3) is 0.909. The van der Waals surface area contributed by atoms with Gasteiger partial charge in [-0.2, -0.15) is 0 Å². The zero-order valence-corrected chi connectivity index (χ0v) is 11.3. The van der Waals surface area contributed by atoms with Crippen molar-refractivity contribution >= 4 is 5.97 Å². The Bertz CT molecular complexity index is 317. The molecule has 0 spiro atoms. The number of hydrogen-bond acceptors (Lipinski definition) is 6. The summed E-state index contributed by atoms with van der Waals surface area (Å²) in [7, 11) is 0. The zero-order chi connectivity index (χ0) is 14.9. The van der Waals surface area contributed by atoms with E-state index >= 15 is 0 Å². The first-order chi connectivity index (χ1) is 8.84. The van der Waals surface area contributed by atoms with Gasteiger partial charge in [-0.05, 0) is 6.42 Å². The van der Waals surface area contributed by atoms with E-state index in [0.717, 1.165) is 32.6 Å². The molecule has 0 aliphatic heterocycles. The number of rotatable bonds is 10. The molecule has 0 aliphatic carbocycles. The standard InChI is InChI=1S/C11H20N2O6/c1-3-4-5-6-7-8-10(14)19-9-11(2,12(15)16)13(17)18/h3-9H2,1-2H3. The van der Waals surface area contributed by atoms with Crippen LogP contribution in [-0.4, -0.2) is 28.1 Å². The molecule has 0 heterocycles. The SMILES string of the molecule is CCCCCCCC(=O)OCC(C)([N+](=O)[O-])[N+](=O)[O-]. The second kappa shape index (κ2) is 8.39. The molecule has 0 unspecified atom stereocenters. The van der Waals surface area contributed by atoms with E-state index in [0.29, 0.717) is 6.42 Å². The van der Waals surface area contributed by atoms with E-state index in [1.165, 1.54) is 0 Å². The average Bonchev–Trinajstić information content (AvgIpc) is 2.35. The van der Waals surface area contributed by atoms with Crippen LogP contribution in [0.1, 0.15) is 52.4 Å². The fourth-order valence-corrected chi connectivity index (χ4v) is 1.33. The van der Waals surface area contributed by atoms with Crippen molar-refractivity contribution in [3.63, 3.8) is 0 Å². The minimum atomic E-state index is -2.47. The van der Waals surface area contributed by atoms with Gasteiger partial charge in [-0.25, -0.2) is 0 Å². The molecule has 0 aromatic rings. The summed E-state index contributed by atoms with van der Waals surface area (Å²) in [5.74, 6) is -0.633. The van der Waals surface area contributed by atoms with Crippen molar-refractivity contribution in [2.75, 3.05) is 6.61 Å². The lowest BCUT2D eigenvalue weighted by Crippen LogP contribution is -2.47. The summed E-state index contributed by atoms with van der Waals surface area (Å²) in [6, 6.07) is 0. The molecule has 0 saturated heterocycles. The summed E-state index contributed by atoms with van der Waals surface area (Å²) in [5.41, 5.74) is -2.47. The summed E-state index contributed by atoms with van der Waals surface area (Å²) < 4.78 is 4.61. The maximum atomic E-state index is 11.3. The number of hydrogen-bond donors (Lipinski definition) is 0. The first-order valence-electron chi connectivity index (χ1n) is 6.29. The van der Waals surface area contributed by atoms with Crippen LogP contribution in [0.15, 0.2) is 0 Å². The van der Waals surface area contributed by atoms with E-state index in [-0.39, 0.29) is 6.42 Å². The van der Waals surface area contributed by atoms with Crippen LogP contribution in [0, 0.1) is 20.2 Å². The summed E-state index contributed by atoms with van der Waals surface area (Å²) in [6.45, 7) is 2.05. The maximum Gasteiger partial charge on any atom is 0.488 e. The van der Waals surface area contributed by atoms with Gasteiger partial charge in [-0.3, -0.25) is 25.0 Å². The third-order valence-corrected chi connectivity index (χ3v) is 2.78. The zero-order valence-electron chi connectivity index (χ0n) is 11.3. The van der Waals surface area contributed by atoms with E-state index in [1.807, 2.05) is 0 Å². The Kier molecular flexibility index (Phi) is 7.62. The molecule has 0 aromatic carbocycles. The smallest absolute Gasteiger partial charge is 0.450 e. The Morgan fingerprint density at radius 2 is 1.63 bits per heavy atom. The molecule has 19 heavy (non-hydrogen) atoms. The Morgan fingerprint density at radius 3 is 2.11 bits per heavy atom. The average molecular weight is 276 g/mol. The lowest BCUT2D eigenvalue weighted by molar-refractivity contribution is -0.793. The normalized spacial score (nSPS) is 11.1. The minimum Gasteiger partial charge on any atom is -0.450 e. The van der Waals surface area contributed by atoms with Crippen molar-refractivity contribution in [2.45, 2.75) is 58.0 Å². The number of unbranched alkanes of at least 4 members (excludes halogenated alkanes) is 4. The highest BCUT2D eigenvalue weighted by Crippen LogP contribution is 2.12. The van der Waals surface area contributed by atoms with Gasteiger partial charge < -0.3 is 4.74 Å². The first-order valence-corrected chi connectivity index (χ1v) is 6.29. The molecule has 8 heteroatoms. The summed E-state index contributed by atoms with van der Waals surface area (Å²) in [4.78, 5) is 30.4. The molecule has 0 rings (SSSR count). The third kappa shape index (κ3) is 6.12. The molecular formula is C11H20N2O6. The summed E-state index contributed by atoms with van der Waals surface area (Å²) >= 11 is 0. The molecule has 0 bridgehead atoms. The topological polar surface area (TPSA) is 113 Å².